The zero-order chi connectivity index (χ0) is 13.7. The van der Waals surface area contributed by atoms with E-state index in [1.807, 2.05) is 0 Å². The van der Waals surface area contributed by atoms with Crippen molar-refractivity contribution in [1.82, 2.24) is 0 Å². The van der Waals surface area contributed by atoms with E-state index in [1.54, 1.807) is 6.07 Å². The third-order valence-corrected chi connectivity index (χ3v) is 3.67. The van der Waals surface area contributed by atoms with Gasteiger partial charge in [0.05, 0.1) is 11.3 Å². The molecule has 1 aliphatic rings. The molecule has 1 aliphatic carbocycles. The normalized spacial score (nSPS) is 17.3. The molecule has 0 aromatic heterocycles. The van der Waals surface area contributed by atoms with Crippen molar-refractivity contribution < 1.29 is 8.78 Å². The van der Waals surface area contributed by atoms with E-state index in [2.05, 4.69) is 5.32 Å². The molecule has 2 nitrogen and oxygen atoms in total. The first-order valence-electron chi connectivity index (χ1n) is 6.87. The van der Waals surface area contributed by atoms with Crippen LogP contribution < -0.4 is 5.32 Å². The van der Waals surface area contributed by atoms with Gasteiger partial charge >= 0.3 is 0 Å². The molecule has 4 heteroatoms. The van der Waals surface area contributed by atoms with Crippen LogP contribution in [0.1, 0.15) is 50.5 Å². The Labute approximate surface area is 112 Å². The second kappa shape index (κ2) is 6.51. The van der Waals surface area contributed by atoms with E-state index in [1.165, 1.54) is 31.4 Å². The van der Waals surface area contributed by atoms with Crippen LogP contribution in [-0.4, -0.2) is 6.04 Å². The summed E-state index contributed by atoms with van der Waals surface area (Å²) in [6.45, 7) is 0. The Bertz CT molecular complexity index is 472. The highest BCUT2D eigenvalue weighted by molar-refractivity contribution is 5.50. The van der Waals surface area contributed by atoms with Crippen molar-refractivity contribution in [3.05, 3.63) is 29.3 Å². The summed E-state index contributed by atoms with van der Waals surface area (Å²) in [6, 6.07) is 4.62. The summed E-state index contributed by atoms with van der Waals surface area (Å²) in [4.78, 5) is 0. The number of hydrogen-bond acceptors (Lipinski definition) is 2. The molecule has 0 unspecified atom stereocenters. The Kier molecular flexibility index (Phi) is 4.73. The van der Waals surface area contributed by atoms with Crippen molar-refractivity contribution >= 4 is 5.69 Å². The van der Waals surface area contributed by atoms with Crippen LogP contribution in [0.5, 0.6) is 0 Å². The molecule has 1 saturated carbocycles. The molecule has 1 fully saturated rings. The zero-order valence-corrected chi connectivity index (χ0v) is 10.9. The maximum Gasteiger partial charge on any atom is 0.183 e. The van der Waals surface area contributed by atoms with Crippen molar-refractivity contribution in [2.75, 3.05) is 5.32 Å². The topological polar surface area (TPSA) is 35.8 Å². The van der Waals surface area contributed by atoms with Gasteiger partial charge in [-0.15, -0.1) is 0 Å². The number of hydrogen-bond donors (Lipinski definition) is 1. The molecule has 102 valence electrons. The molecule has 0 amide bonds. The van der Waals surface area contributed by atoms with Gasteiger partial charge in [-0.1, -0.05) is 32.1 Å². The molecule has 0 atom stereocenters. The van der Waals surface area contributed by atoms with Crippen LogP contribution in [0, 0.1) is 23.0 Å². The summed E-state index contributed by atoms with van der Waals surface area (Å²) < 4.78 is 27.3. The lowest BCUT2D eigenvalue weighted by Gasteiger charge is -2.22. The van der Waals surface area contributed by atoms with Gasteiger partial charge in [0.1, 0.15) is 6.07 Å². The summed E-state index contributed by atoms with van der Waals surface area (Å²) in [5.41, 5.74) is -0.0808. The van der Waals surface area contributed by atoms with Gasteiger partial charge in [-0.05, 0) is 25.0 Å². The summed E-state index contributed by atoms with van der Waals surface area (Å²) >= 11 is 0. The van der Waals surface area contributed by atoms with Crippen LogP contribution in [0.3, 0.4) is 0 Å². The number of anilines is 1. The van der Waals surface area contributed by atoms with E-state index < -0.39 is 11.6 Å². The predicted molar refractivity (Wildman–Crippen MR) is 70.8 cm³/mol. The third-order valence-electron chi connectivity index (χ3n) is 3.67. The molecule has 1 aromatic rings. The van der Waals surface area contributed by atoms with Gasteiger partial charge in [-0.25, -0.2) is 8.78 Å². The average molecular weight is 264 g/mol. The van der Waals surface area contributed by atoms with Crippen LogP contribution in [0.15, 0.2) is 12.1 Å². The highest BCUT2D eigenvalue weighted by atomic mass is 19.2. The predicted octanol–water partition coefficient (Wildman–Crippen LogP) is 4.36. The fourth-order valence-corrected chi connectivity index (χ4v) is 2.57. The molecular formula is C15H18F2N2. The maximum absolute atomic E-state index is 13.8. The van der Waals surface area contributed by atoms with E-state index in [-0.39, 0.29) is 17.3 Å². The average Bonchev–Trinajstić information content (AvgIpc) is 2.38. The van der Waals surface area contributed by atoms with Crippen molar-refractivity contribution in [2.45, 2.75) is 51.0 Å². The summed E-state index contributed by atoms with van der Waals surface area (Å²) in [5, 5.41) is 11.7. The van der Waals surface area contributed by atoms with E-state index in [9.17, 15) is 8.78 Å². The van der Waals surface area contributed by atoms with E-state index in [0.29, 0.717) is 0 Å². The number of nitrogens with zero attached hydrogens (tertiary/aromatic N) is 1. The van der Waals surface area contributed by atoms with Gasteiger partial charge < -0.3 is 5.32 Å². The Morgan fingerprint density at radius 2 is 1.63 bits per heavy atom. The van der Waals surface area contributed by atoms with Crippen LogP contribution >= 0.6 is 0 Å². The lowest BCUT2D eigenvalue weighted by Crippen LogP contribution is -2.21. The molecule has 1 N–H and O–H groups in total. The minimum absolute atomic E-state index is 0.169. The van der Waals surface area contributed by atoms with Gasteiger partial charge in [-0.2, -0.15) is 5.26 Å². The van der Waals surface area contributed by atoms with Crippen molar-refractivity contribution in [3.8, 4) is 6.07 Å². The highest BCUT2D eigenvalue weighted by Crippen LogP contribution is 2.24. The second-order valence-electron chi connectivity index (χ2n) is 5.09. The van der Waals surface area contributed by atoms with Gasteiger partial charge in [0.25, 0.3) is 0 Å². The number of benzene rings is 1. The monoisotopic (exact) mass is 264 g/mol. The van der Waals surface area contributed by atoms with E-state index >= 15 is 0 Å². The molecule has 0 spiro atoms. The maximum atomic E-state index is 13.8. The summed E-state index contributed by atoms with van der Waals surface area (Å²) in [6.07, 6.45) is 7.91. The summed E-state index contributed by atoms with van der Waals surface area (Å²) in [5.74, 6) is -2.00. The Hall–Kier alpha value is -1.63. The van der Waals surface area contributed by atoms with Crippen molar-refractivity contribution in [2.24, 2.45) is 0 Å². The quantitative estimate of drug-likeness (QED) is 0.861. The zero-order valence-electron chi connectivity index (χ0n) is 10.9. The minimum atomic E-state index is -1.06. The fraction of sp³-hybridized carbons (Fsp3) is 0.533. The Balaban J connectivity index is 2.10. The molecule has 0 heterocycles. The lowest BCUT2D eigenvalue weighted by atomic mass is 9.96. The first kappa shape index (κ1) is 13.8. The largest absolute Gasteiger partial charge is 0.380 e. The van der Waals surface area contributed by atoms with Crippen LogP contribution in [0.25, 0.3) is 0 Å². The first-order chi connectivity index (χ1) is 9.22. The molecule has 0 radical (unpaired) electrons. The molecule has 0 aliphatic heterocycles. The number of halogens is 2. The smallest absolute Gasteiger partial charge is 0.183 e. The van der Waals surface area contributed by atoms with Crippen molar-refractivity contribution in [1.29, 1.82) is 5.26 Å². The van der Waals surface area contributed by atoms with Gasteiger partial charge in [-0.3, -0.25) is 0 Å². The molecule has 2 rings (SSSR count). The molecular weight excluding hydrogens is 246 g/mol. The van der Waals surface area contributed by atoms with Crippen LogP contribution in [-0.2, 0) is 0 Å². The molecule has 1 aromatic carbocycles. The lowest BCUT2D eigenvalue weighted by molar-refractivity contribution is 0.465. The van der Waals surface area contributed by atoms with Gasteiger partial charge in [0, 0.05) is 6.04 Å². The molecule has 19 heavy (non-hydrogen) atoms. The minimum Gasteiger partial charge on any atom is -0.380 e. The number of rotatable bonds is 2. The van der Waals surface area contributed by atoms with Crippen LogP contribution in [0.4, 0.5) is 14.5 Å². The van der Waals surface area contributed by atoms with E-state index in [0.717, 1.165) is 25.7 Å². The summed E-state index contributed by atoms with van der Waals surface area (Å²) in [7, 11) is 0. The Morgan fingerprint density at radius 3 is 2.26 bits per heavy atom. The first-order valence-corrected chi connectivity index (χ1v) is 6.87. The molecule has 0 saturated heterocycles. The number of nitriles is 1. The van der Waals surface area contributed by atoms with Gasteiger partial charge in [0.15, 0.2) is 11.6 Å². The fourth-order valence-electron chi connectivity index (χ4n) is 2.57. The van der Waals surface area contributed by atoms with E-state index in [4.69, 9.17) is 5.26 Å². The standard InChI is InChI=1S/C15H18F2N2/c16-14-11(10-18)8-9-13(15(14)17)19-12-6-4-2-1-3-5-7-12/h8-9,12,19H,1-7H2. The highest BCUT2D eigenvalue weighted by Gasteiger charge is 2.17. The third kappa shape index (κ3) is 3.44. The second-order valence-corrected chi connectivity index (χ2v) is 5.09. The van der Waals surface area contributed by atoms with Crippen LogP contribution in [0.2, 0.25) is 0 Å². The van der Waals surface area contributed by atoms with Crippen molar-refractivity contribution in [3.63, 3.8) is 0 Å². The number of nitrogens with one attached hydrogen (secondary N) is 1. The van der Waals surface area contributed by atoms with Gasteiger partial charge in [0.2, 0.25) is 0 Å². The SMILES string of the molecule is N#Cc1ccc(NC2CCCCCCC2)c(F)c1F. The Morgan fingerprint density at radius 1 is 1.00 bits per heavy atom. The molecule has 0 bridgehead atoms.